The van der Waals surface area contributed by atoms with Crippen LogP contribution in [0.1, 0.15) is 41.4 Å². The van der Waals surface area contributed by atoms with E-state index in [1.54, 1.807) is 42.7 Å². The molecule has 4 rings (SSSR count). The molecule has 0 saturated carbocycles. The number of para-hydroxylation sites is 1. The normalized spacial score (nSPS) is 15.7. The van der Waals surface area contributed by atoms with E-state index in [4.69, 9.17) is 4.42 Å². The number of likely N-dealkylation sites (tertiary alicyclic amines) is 1. The largest absolute Gasteiger partial charge is 0.468 e. The number of carbonyl (C=O) groups excluding carboxylic acids is 1. The van der Waals surface area contributed by atoms with Crippen molar-refractivity contribution in [3.8, 4) is 0 Å². The first-order chi connectivity index (χ1) is 16.0. The average molecular weight is 468 g/mol. The summed E-state index contributed by atoms with van der Waals surface area (Å²) in [6.45, 7) is 2.37. The highest BCUT2D eigenvalue weighted by Crippen LogP contribution is 2.25. The van der Waals surface area contributed by atoms with Gasteiger partial charge in [0.2, 0.25) is 0 Å². The quantitative estimate of drug-likeness (QED) is 0.540. The van der Waals surface area contributed by atoms with Gasteiger partial charge in [0.25, 0.3) is 15.9 Å². The summed E-state index contributed by atoms with van der Waals surface area (Å²) in [5.41, 5.74) is 0.981. The molecule has 174 valence electrons. The minimum Gasteiger partial charge on any atom is -0.468 e. The molecule has 2 heterocycles. The van der Waals surface area contributed by atoms with E-state index in [-0.39, 0.29) is 16.8 Å². The third kappa shape index (κ3) is 5.29. The van der Waals surface area contributed by atoms with Crippen molar-refractivity contribution in [2.75, 3.05) is 31.0 Å². The molecule has 1 saturated heterocycles. The van der Waals surface area contributed by atoms with Crippen LogP contribution < -0.4 is 9.62 Å². The second kappa shape index (κ2) is 10.2. The smallest absolute Gasteiger partial charge is 0.264 e. The highest BCUT2D eigenvalue weighted by molar-refractivity contribution is 7.92. The van der Waals surface area contributed by atoms with Crippen molar-refractivity contribution in [3.05, 3.63) is 84.3 Å². The van der Waals surface area contributed by atoms with Crippen molar-refractivity contribution in [2.24, 2.45) is 0 Å². The molecule has 0 bridgehead atoms. The lowest BCUT2D eigenvalue weighted by Gasteiger charge is -2.33. The number of furan rings is 1. The molecular formula is C25H29N3O4S. The van der Waals surface area contributed by atoms with Crippen molar-refractivity contribution in [1.29, 1.82) is 0 Å². The van der Waals surface area contributed by atoms with Gasteiger partial charge in [0.15, 0.2) is 0 Å². The first-order valence-corrected chi connectivity index (χ1v) is 12.6. The van der Waals surface area contributed by atoms with Crippen LogP contribution in [0.5, 0.6) is 0 Å². The maximum Gasteiger partial charge on any atom is 0.264 e. The van der Waals surface area contributed by atoms with Gasteiger partial charge in [0.05, 0.1) is 22.9 Å². The monoisotopic (exact) mass is 467 g/mol. The van der Waals surface area contributed by atoms with Gasteiger partial charge >= 0.3 is 0 Å². The van der Waals surface area contributed by atoms with Crippen LogP contribution in [0.2, 0.25) is 0 Å². The van der Waals surface area contributed by atoms with Crippen LogP contribution in [0, 0.1) is 0 Å². The topological polar surface area (TPSA) is 82.9 Å². The number of amides is 1. The molecule has 1 aliphatic heterocycles. The Bertz CT molecular complexity index is 1140. The molecule has 0 unspecified atom stereocenters. The summed E-state index contributed by atoms with van der Waals surface area (Å²) < 4.78 is 32.8. The van der Waals surface area contributed by atoms with Gasteiger partial charge in [-0.25, -0.2) is 8.42 Å². The van der Waals surface area contributed by atoms with Crippen LogP contribution in [0.4, 0.5) is 5.69 Å². The van der Waals surface area contributed by atoms with Crippen LogP contribution >= 0.6 is 0 Å². The number of anilines is 1. The molecule has 1 N–H and O–H groups in total. The highest BCUT2D eigenvalue weighted by Gasteiger charge is 2.25. The zero-order chi connectivity index (χ0) is 23.3. The first-order valence-electron chi connectivity index (χ1n) is 11.2. The summed E-state index contributed by atoms with van der Waals surface area (Å²) in [7, 11) is -2.21. The molecule has 1 amide bonds. The van der Waals surface area contributed by atoms with Crippen molar-refractivity contribution in [1.82, 2.24) is 10.2 Å². The maximum atomic E-state index is 12.9. The Labute approximate surface area is 195 Å². The van der Waals surface area contributed by atoms with Gasteiger partial charge in [-0.3, -0.25) is 14.0 Å². The third-order valence-corrected chi connectivity index (χ3v) is 7.85. The van der Waals surface area contributed by atoms with E-state index < -0.39 is 10.0 Å². The van der Waals surface area contributed by atoms with Gasteiger partial charge < -0.3 is 9.73 Å². The second-order valence-corrected chi connectivity index (χ2v) is 10.1. The van der Waals surface area contributed by atoms with E-state index in [1.807, 2.05) is 18.2 Å². The van der Waals surface area contributed by atoms with E-state index >= 15 is 0 Å². The number of rotatable bonds is 8. The Morgan fingerprint density at radius 3 is 2.33 bits per heavy atom. The maximum absolute atomic E-state index is 12.9. The van der Waals surface area contributed by atoms with Gasteiger partial charge in [-0.2, -0.15) is 0 Å². The minimum absolute atomic E-state index is 0.0246. The molecule has 2 aromatic carbocycles. The Morgan fingerprint density at radius 2 is 1.70 bits per heavy atom. The summed E-state index contributed by atoms with van der Waals surface area (Å²) in [4.78, 5) is 15.3. The molecule has 1 fully saturated rings. The Hall–Kier alpha value is -3.10. The molecule has 0 aliphatic carbocycles. The summed E-state index contributed by atoms with van der Waals surface area (Å²) in [6, 6.07) is 18.7. The average Bonchev–Trinajstić information content (AvgIpc) is 3.39. The van der Waals surface area contributed by atoms with Gasteiger partial charge in [0, 0.05) is 19.2 Å². The lowest BCUT2D eigenvalue weighted by molar-refractivity contribution is 0.0914. The number of benzene rings is 2. The Morgan fingerprint density at radius 1 is 1.00 bits per heavy atom. The number of nitrogens with one attached hydrogen (secondary N) is 1. The lowest BCUT2D eigenvalue weighted by Crippen LogP contribution is -2.40. The fourth-order valence-corrected chi connectivity index (χ4v) is 5.32. The van der Waals surface area contributed by atoms with Crippen LogP contribution in [0.3, 0.4) is 0 Å². The van der Waals surface area contributed by atoms with Gasteiger partial charge in [0.1, 0.15) is 5.76 Å². The number of sulfonamides is 1. The predicted molar refractivity (Wildman–Crippen MR) is 128 cm³/mol. The number of hydrogen-bond acceptors (Lipinski definition) is 5. The fourth-order valence-electron chi connectivity index (χ4n) is 4.13. The molecule has 3 aromatic rings. The van der Waals surface area contributed by atoms with E-state index in [0.29, 0.717) is 17.8 Å². The molecule has 1 aromatic heterocycles. The van der Waals surface area contributed by atoms with E-state index in [9.17, 15) is 13.2 Å². The van der Waals surface area contributed by atoms with Crippen molar-refractivity contribution in [3.63, 3.8) is 0 Å². The first kappa shape index (κ1) is 23.1. The molecule has 0 radical (unpaired) electrons. The van der Waals surface area contributed by atoms with Gasteiger partial charge in [-0.15, -0.1) is 0 Å². The van der Waals surface area contributed by atoms with Crippen molar-refractivity contribution < 1.29 is 17.6 Å². The number of piperidine rings is 1. The van der Waals surface area contributed by atoms with Gasteiger partial charge in [-0.05, 0) is 74.5 Å². The molecule has 0 spiro atoms. The SMILES string of the molecule is CN(c1ccccc1)S(=O)(=O)c1ccc(C(=O)NC[C@H](c2ccco2)N2CCCCC2)cc1. The molecule has 33 heavy (non-hydrogen) atoms. The molecular weight excluding hydrogens is 438 g/mol. The van der Waals surface area contributed by atoms with Crippen molar-refractivity contribution in [2.45, 2.75) is 30.2 Å². The Balaban J connectivity index is 1.43. The minimum atomic E-state index is -3.72. The number of nitrogens with zero attached hydrogens (tertiary/aromatic N) is 2. The van der Waals surface area contributed by atoms with Crippen LogP contribution in [-0.4, -0.2) is 45.9 Å². The fraction of sp³-hybridized carbons (Fsp3) is 0.320. The summed E-state index contributed by atoms with van der Waals surface area (Å²) >= 11 is 0. The molecule has 8 heteroatoms. The zero-order valence-electron chi connectivity index (χ0n) is 18.7. The van der Waals surface area contributed by atoms with Crippen LogP contribution in [-0.2, 0) is 10.0 Å². The highest BCUT2D eigenvalue weighted by atomic mass is 32.2. The van der Waals surface area contributed by atoms with E-state index in [1.165, 1.54) is 29.9 Å². The molecule has 1 aliphatic rings. The van der Waals surface area contributed by atoms with Crippen LogP contribution in [0.15, 0.2) is 82.3 Å². The second-order valence-electron chi connectivity index (χ2n) is 8.17. The van der Waals surface area contributed by atoms with E-state index in [2.05, 4.69) is 10.2 Å². The third-order valence-electron chi connectivity index (χ3n) is 6.05. The summed E-state index contributed by atoms with van der Waals surface area (Å²) in [6.07, 6.45) is 5.15. The number of carbonyl (C=O) groups is 1. The predicted octanol–water partition coefficient (Wildman–Crippen LogP) is 4.06. The zero-order valence-corrected chi connectivity index (χ0v) is 19.5. The number of hydrogen-bond donors (Lipinski definition) is 1. The standard InChI is InChI=1S/C25H29N3O4S/c1-27(21-9-4-2-5-10-21)33(30,31)22-14-12-20(13-15-22)25(29)26-19-23(24-11-8-18-32-24)28-16-6-3-7-17-28/h2,4-5,8-15,18,23H,3,6-7,16-17,19H2,1H3,(H,26,29)/t23-/m1/s1. The van der Waals surface area contributed by atoms with Gasteiger partial charge in [-0.1, -0.05) is 24.6 Å². The molecule has 1 atom stereocenters. The summed E-state index contributed by atoms with van der Waals surface area (Å²) in [5.74, 6) is 0.589. The van der Waals surface area contributed by atoms with Crippen molar-refractivity contribution >= 4 is 21.6 Å². The Kier molecular flexibility index (Phi) is 7.15. The molecule has 7 nitrogen and oxygen atoms in total. The summed E-state index contributed by atoms with van der Waals surface area (Å²) in [5, 5.41) is 2.99. The lowest BCUT2D eigenvalue weighted by atomic mass is 10.1. The van der Waals surface area contributed by atoms with E-state index in [0.717, 1.165) is 31.7 Å². The van der Waals surface area contributed by atoms with Crippen LogP contribution in [0.25, 0.3) is 0 Å².